The fourth-order valence-electron chi connectivity index (χ4n) is 4.37. The summed E-state index contributed by atoms with van der Waals surface area (Å²) in [6, 6.07) is 5.98. The minimum absolute atomic E-state index is 0.0505. The van der Waals surface area contributed by atoms with Crippen LogP contribution >= 0.6 is 0 Å². The van der Waals surface area contributed by atoms with Gasteiger partial charge >= 0.3 is 6.09 Å². The van der Waals surface area contributed by atoms with E-state index in [9.17, 15) is 9.59 Å². The maximum atomic E-state index is 12.6. The molecule has 0 N–H and O–H groups in total. The Balaban J connectivity index is 1.25. The van der Waals surface area contributed by atoms with Gasteiger partial charge in [0.15, 0.2) is 0 Å². The molecule has 2 aromatic heterocycles. The highest BCUT2D eigenvalue weighted by atomic mass is 16.6. The molecule has 0 aromatic carbocycles. The normalized spacial score (nSPS) is 17.7. The summed E-state index contributed by atoms with van der Waals surface area (Å²) in [4.78, 5) is 43.3. The Morgan fingerprint density at radius 2 is 1.97 bits per heavy atom. The third-order valence-corrected chi connectivity index (χ3v) is 6.13. The summed E-state index contributed by atoms with van der Waals surface area (Å²) in [5, 5.41) is 0. The van der Waals surface area contributed by atoms with Gasteiger partial charge in [-0.25, -0.2) is 14.8 Å². The summed E-state index contributed by atoms with van der Waals surface area (Å²) in [6.45, 7) is 7.96. The minimum atomic E-state index is -0.414. The predicted molar refractivity (Wildman–Crippen MR) is 125 cm³/mol. The van der Waals surface area contributed by atoms with Crippen molar-refractivity contribution in [3.05, 3.63) is 47.3 Å². The highest BCUT2D eigenvalue weighted by Gasteiger charge is 2.29. The molecular weight excluding hydrogens is 436 g/mol. The number of hydrogen-bond acceptors (Lipinski definition) is 8. The number of amides is 2. The molecule has 3 aliphatic rings. The molecule has 10 nitrogen and oxygen atoms in total. The van der Waals surface area contributed by atoms with E-state index >= 15 is 0 Å². The lowest BCUT2D eigenvalue weighted by molar-refractivity contribution is -0.132. The van der Waals surface area contributed by atoms with Crippen LogP contribution in [0.4, 0.5) is 10.6 Å². The van der Waals surface area contributed by atoms with Crippen molar-refractivity contribution in [1.82, 2.24) is 19.8 Å². The van der Waals surface area contributed by atoms with Gasteiger partial charge in [0.1, 0.15) is 19.0 Å². The van der Waals surface area contributed by atoms with Crippen LogP contribution in [0.25, 0.3) is 0 Å². The summed E-state index contributed by atoms with van der Waals surface area (Å²) in [7, 11) is 0. The van der Waals surface area contributed by atoms with Crippen molar-refractivity contribution in [2.45, 2.75) is 26.5 Å². The Morgan fingerprint density at radius 1 is 1.15 bits per heavy atom. The number of hydrogen-bond donors (Lipinski definition) is 0. The molecule has 2 saturated heterocycles. The van der Waals surface area contributed by atoms with Crippen LogP contribution in [0.1, 0.15) is 30.5 Å². The first-order valence-corrected chi connectivity index (χ1v) is 11.6. The van der Waals surface area contributed by atoms with Gasteiger partial charge in [0.25, 0.3) is 0 Å². The number of carbonyl (C=O) groups excluding carboxylic acids is 2. The van der Waals surface area contributed by atoms with E-state index in [0.29, 0.717) is 51.8 Å². The van der Waals surface area contributed by atoms with E-state index in [2.05, 4.69) is 20.9 Å². The molecule has 0 spiro atoms. The highest BCUT2D eigenvalue weighted by molar-refractivity contribution is 6.15. The molecule has 0 unspecified atom stereocenters. The third-order valence-electron chi connectivity index (χ3n) is 6.13. The van der Waals surface area contributed by atoms with Gasteiger partial charge in [0, 0.05) is 61.3 Å². The van der Waals surface area contributed by atoms with E-state index in [4.69, 9.17) is 14.5 Å². The molecule has 34 heavy (non-hydrogen) atoms. The number of fused-ring (bicyclic) bond motifs is 1. The topological polar surface area (TPSA) is 100 Å². The first-order valence-electron chi connectivity index (χ1n) is 11.6. The molecule has 3 aliphatic heterocycles. The van der Waals surface area contributed by atoms with Gasteiger partial charge in [-0.05, 0) is 26.0 Å². The summed E-state index contributed by atoms with van der Waals surface area (Å²) in [6.07, 6.45) is 3.27. The highest BCUT2D eigenvalue weighted by Crippen LogP contribution is 2.27. The molecule has 0 aliphatic carbocycles. The number of piperazine rings is 1. The van der Waals surface area contributed by atoms with Crippen LogP contribution in [0, 0.1) is 0 Å². The first-order chi connectivity index (χ1) is 16.5. The maximum absolute atomic E-state index is 12.6. The molecule has 2 aromatic rings. The quantitative estimate of drug-likeness (QED) is 0.642. The molecule has 5 heterocycles. The second-order valence-electron chi connectivity index (χ2n) is 8.82. The van der Waals surface area contributed by atoms with E-state index in [-0.39, 0.29) is 18.6 Å². The number of pyridine rings is 2. The van der Waals surface area contributed by atoms with Crippen LogP contribution in [-0.2, 0) is 16.1 Å². The molecule has 0 saturated carbocycles. The third kappa shape index (κ3) is 4.52. The Bertz CT molecular complexity index is 1130. The summed E-state index contributed by atoms with van der Waals surface area (Å²) in [5.74, 6) is 1.40. The van der Waals surface area contributed by atoms with E-state index in [0.717, 1.165) is 28.2 Å². The largest absolute Gasteiger partial charge is 0.475 e. The fraction of sp³-hybridized carbons (Fsp3) is 0.458. The molecular formula is C24H28N6O4. The molecule has 178 valence electrons. The molecule has 0 radical (unpaired) electrons. The van der Waals surface area contributed by atoms with Crippen molar-refractivity contribution in [3.8, 4) is 5.88 Å². The van der Waals surface area contributed by atoms with Gasteiger partial charge in [0.05, 0.1) is 24.9 Å². The Labute approximate surface area is 198 Å². The first kappa shape index (κ1) is 22.1. The van der Waals surface area contributed by atoms with Gasteiger partial charge in [0.2, 0.25) is 11.8 Å². The number of carbonyl (C=O) groups is 2. The van der Waals surface area contributed by atoms with E-state index in [1.165, 1.54) is 4.90 Å². The molecule has 2 amide bonds. The number of cyclic esters (lactones) is 1. The molecule has 10 heteroatoms. The van der Waals surface area contributed by atoms with Gasteiger partial charge in [-0.15, -0.1) is 0 Å². The number of aliphatic imine (C=N–C) groups is 1. The number of aromatic nitrogens is 2. The van der Waals surface area contributed by atoms with Crippen molar-refractivity contribution in [2.24, 2.45) is 4.99 Å². The van der Waals surface area contributed by atoms with E-state index < -0.39 is 6.09 Å². The summed E-state index contributed by atoms with van der Waals surface area (Å²) in [5.41, 5.74) is 4.04. The average Bonchev–Trinajstić information content (AvgIpc) is 3.44. The van der Waals surface area contributed by atoms with Crippen LogP contribution in [0.5, 0.6) is 5.88 Å². The van der Waals surface area contributed by atoms with Crippen molar-refractivity contribution < 1.29 is 19.1 Å². The number of rotatable bonds is 6. The predicted octanol–water partition coefficient (Wildman–Crippen LogP) is 1.72. The average molecular weight is 465 g/mol. The lowest BCUT2D eigenvalue weighted by Gasteiger charge is -2.36. The van der Waals surface area contributed by atoms with Crippen molar-refractivity contribution >= 4 is 23.5 Å². The van der Waals surface area contributed by atoms with Gasteiger partial charge in [-0.3, -0.25) is 14.7 Å². The second-order valence-corrected chi connectivity index (χ2v) is 8.82. The van der Waals surface area contributed by atoms with Gasteiger partial charge in [-0.1, -0.05) is 0 Å². The molecule has 2 fully saturated rings. The number of nitrogens with zero attached hydrogens (tertiary/aromatic N) is 6. The molecule has 5 rings (SSSR count). The van der Waals surface area contributed by atoms with E-state index in [1.54, 1.807) is 11.1 Å². The Hall–Kier alpha value is -3.69. The smallest absolute Gasteiger partial charge is 0.410 e. The van der Waals surface area contributed by atoms with Crippen LogP contribution in [0.3, 0.4) is 0 Å². The standard InChI is InChI=1S/C24H28N6O4/c1-16(2)34-21-12-19-18(13-26-21)14-27-23(19)17-3-4-25-20(11-17)28-5-7-29(8-6-28)22(31)15-30-9-10-33-24(30)32/h3-4,11-13,16H,5-10,14-15H2,1-2H3. The Morgan fingerprint density at radius 3 is 2.71 bits per heavy atom. The Kier molecular flexibility index (Phi) is 6.04. The lowest BCUT2D eigenvalue weighted by atomic mass is 10.0. The molecule has 0 atom stereocenters. The maximum Gasteiger partial charge on any atom is 0.410 e. The zero-order valence-corrected chi connectivity index (χ0v) is 19.4. The van der Waals surface area contributed by atoms with Crippen molar-refractivity contribution in [3.63, 3.8) is 0 Å². The summed E-state index contributed by atoms with van der Waals surface area (Å²) >= 11 is 0. The monoisotopic (exact) mass is 464 g/mol. The zero-order chi connectivity index (χ0) is 23.7. The zero-order valence-electron chi connectivity index (χ0n) is 19.4. The number of ether oxygens (including phenoxy) is 2. The van der Waals surface area contributed by atoms with Gasteiger partial charge in [-0.2, -0.15) is 0 Å². The summed E-state index contributed by atoms with van der Waals surface area (Å²) < 4.78 is 10.7. The van der Waals surface area contributed by atoms with Crippen molar-refractivity contribution in [2.75, 3.05) is 50.8 Å². The van der Waals surface area contributed by atoms with Gasteiger partial charge < -0.3 is 19.3 Å². The van der Waals surface area contributed by atoms with Crippen LogP contribution in [0.15, 0.2) is 35.6 Å². The number of anilines is 1. The van der Waals surface area contributed by atoms with Crippen LogP contribution in [0.2, 0.25) is 0 Å². The fourth-order valence-corrected chi connectivity index (χ4v) is 4.37. The van der Waals surface area contributed by atoms with E-state index in [1.807, 2.05) is 32.2 Å². The lowest BCUT2D eigenvalue weighted by Crippen LogP contribution is -2.51. The minimum Gasteiger partial charge on any atom is -0.475 e. The van der Waals surface area contributed by atoms with Crippen LogP contribution in [-0.4, -0.2) is 89.5 Å². The van der Waals surface area contributed by atoms with Crippen molar-refractivity contribution in [1.29, 1.82) is 0 Å². The second kappa shape index (κ2) is 9.28. The van der Waals surface area contributed by atoms with Crippen LogP contribution < -0.4 is 9.64 Å². The SMILES string of the molecule is CC(C)Oc1cc2c(cn1)CN=C2c1ccnc(N2CCN(C(=O)CN3CCOC3=O)CC2)c1. The molecule has 0 bridgehead atoms.